The van der Waals surface area contributed by atoms with E-state index in [2.05, 4.69) is 10.1 Å². The van der Waals surface area contributed by atoms with Crippen molar-refractivity contribution in [1.29, 1.82) is 0 Å². The zero-order chi connectivity index (χ0) is 17.4. The van der Waals surface area contributed by atoms with Crippen LogP contribution in [0.1, 0.15) is 5.56 Å². The summed E-state index contributed by atoms with van der Waals surface area (Å²) in [6, 6.07) is 5.72. The minimum Gasteiger partial charge on any atom is -0.376 e. The monoisotopic (exact) mass is 349 g/mol. The van der Waals surface area contributed by atoms with Crippen molar-refractivity contribution >= 4 is 5.91 Å². The number of ether oxygens (including phenoxy) is 3. The molecule has 9 heteroatoms. The van der Waals surface area contributed by atoms with Crippen molar-refractivity contribution in [2.45, 2.75) is 23.9 Å². The molecule has 2 saturated heterocycles. The lowest BCUT2D eigenvalue weighted by Gasteiger charge is -2.44. The van der Waals surface area contributed by atoms with Crippen molar-refractivity contribution in [2.24, 2.45) is 0 Å². The third kappa shape index (κ3) is 3.11. The lowest BCUT2D eigenvalue weighted by molar-refractivity contribution is -0.273. The van der Waals surface area contributed by atoms with Gasteiger partial charge in [-0.15, -0.1) is 0 Å². The molecule has 132 valence electrons. The Kier molecular flexibility index (Phi) is 4.50. The molecule has 2 heterocycles. The third-order valence-electron chi connectivity index (χ3n) is 3.98. The summed E-state index contributed by atoms with van der Waals surface area (Å²) in [4.78, 5) is 12.4. The number of hydrogen-bond acceptors (Lipinski definition) is 4. The number of rotatable bonds is 3. The van der Waals surface area contributed by atoms with Gasteiger partial charge < -0.3 is 19.5 Å². The zero-order valence-electron chi connectivity index (χ0n) is 12.4. The number of carbonyl (C=O) groups excluding carboxylic acids is 1. The van der Waals surface area contributed by atoms with Gasteiger partial charge in [-0.25, -0.2) is 4.39 Å². The number of amides is 1. The standard InChI is InChI=1S/C15H15F4NO4/c16-10-4-2-1-3-9(10)14(7-22-8-14)20-13(21)11-12(15(17,18)19)24-6-5-23-11/h1-4,11-12H,5-8H2,(H,20,21)/t11-,12+/m1/s1. The van der Waals surface area contributed by atoms with Gasteiger partial charge >= 0.3 is 6.18 Å². The Morgan fingerprint density at radius 3 is 2.42 bits per heavy atom. The van der Waals surface area contributed by atoms with Gasteiger partial charge in [-0.3, -0.25) is 4.79 Å². The summed E-state index contributed by atoms with van der Waals surface area (Å²) in [5.74, 6) is -1.59. The fraction of sp³-hybridized carbons (Fsp3) is 0.533. The van der Waals surface area contributed by atoms with E-state index in [1.54, 1.807) is 6.07 Å². The Morgan fingerprint density at radius 1 is 1.17 bits per heavy atom. The average Bonchev–Trinajstić information content (AvgIpc) is 2.51. The SMILES string of the molecule is O=C(NC1(c2ccccc2F)COC1)[C@@H]1OCCO[C@@H]1C(F)(F)F. The molecule has 0 aromatic heterocycles. The van der Waals surface area contributed by atoms with Gasteiger partial charge in [0.25, 0.3) is 5.91 Å². The Balaban J connectivity index is 1.81. The molecule has 0 aliphatic carbocycles. The second-order valence-electron chi connectivity index (χ2n) is 5.67. The predicted octanol–water partition coefficient (Wildman–Crippen LogP) is 1.51. The molecular formula is C15H15F4NO4. The molecule has 2 atom stereocenters. The van der Waals surface area contributed by atoms with Crippen LogP contribution in [0.3, 0.4) is 0 Å². The first-order chi connectivity index (χ1) is 11.3. The van der Waals surface area contributed by atoms with Gasteiger partial charge in [-0.2, -0.15) is 13.2 Å². The van der Waals surface area contributed by atoms with E-state index >= 15 is 0 Å². The maximum absolute atomic E-state index is 14.0. The van der Waals surface area contributed by atoms with E-state index < -0.39 is 35.6 Å². The number of nitrogens with one attached hydrogen (secondary N) is 1. The molecule has 2 aliphatic rings. The number of alkyl halides is 3. The largest absolute Gasteiger partial charge is 0.417 e. The minimum absolute atomic E-state index is 0.0378. The Labute approximate surface area is 134 Å². The van der Waals surface area contributed by atoms with E-state index in [9.17, 15) is 22.4 Å². The van der Waals surface area contributed by atoms with Crippen molar-refractivity contribution in [3.05, 3.63) is 35.6 Å². The normalized spacial score (nSPS) is 26.5. The van der Waals surface area contributed by atoms with Crippen LogP contribution >= 0.6 is 0 Å². The number of hydrogen-bond donors (Lipinski definition) is 1. The molecule has 5 nitrogen and oxygen atoms in total. The van der Waals surface area contributed by atoms with Gasteiger partial charge in [0.1, 0.15) is 11.4 Å². The molecule has 2 aliphatic heterocycles. The number of carbonyl (C=O) groups is 1. The summed E-state index contributed by atoms with van der Waals surface area (Å²) in [5, 5.41) is 2.45. The smallest absolute Gasteiger partial charge is 0.376 e. The van der Waals surface area contributed by atoms with Crippen molar-refractivity contribution in [3.63, 3.8) is 0 Å². The molecular weight excluding hydrogens is 334 g/mol. The summed E-state index contributed by atoms with van der Waals surface area (Å²) in [6.07, 6.45) is -8.95. The highest BCUT2D eigenvalue weighted by atomic mass is 19.4. The molecule has 0 saturated carbocycles. The van der Waals surface area contributed by atoms with E-state index in [1.807, 2.05) is 0 Å². The molecule has 0 radical (unpaired) electrons. The molecule has 1 N–H and O–H groups in total. The Bertz CT molecular complexity index is 618. The van der Waals surface area contributed by atoms with E-state index in [-0.39, 0.29) is 32.0 Å². The van der Waals surface area contributed by atoms with Crippen LogP contribution < -0.4 is 5.32 Å². The minimum atomic E-state index is -4.75. The predicted molar refractivity (Wildman–Crippen MR) is 72.6 cm³/mol. The topological polar surface area (TPSA) is 56.8 Å². The van der Waals surface area contributed by atoms with Crippen LogP contribution in [0.25, 0.3) is 0 Å². The first-order valence-corrected chi connectivity index (χ1v) is 7.28. The van der Waals surface area contributed by atoms with E-state index in [4.69, 9.17) is 9.47 Å². The van der Waals surface area contributed by atoms with Gasteiger partial charge in [0.2, 0.25) is 0 Å². The summed E-state index contributed by atoms with van der Waals surface area (Å²) < 4.78 is 67.7. The molecule has 1 aromatic carbocycles. The maximum atomic E-state index is 14.0. The van der Waals surface area contributed by atoms with Crippen molar-refractivity contribution < 1.29 is 36.6 Å². The van der Waals surface area contributed by atoms with Crippen LogP contribution in [0.5, 0.6) is 0 Å². The third-order valence-corrected chi connectivity index (χ3v) is 3.98. The molecule has 0 spiro atoms. The molecule has 3 rings (SSSR count). The van der Waals surface area contributed by atoms with Crippen LogP contribution in [-0.4, -0.2) is 50.7 Å². The highest BCUT2D eigenvalue weighted by Gasteiger charge is 2.53. The quantitative estimate of drug-likeness (QED) is 0.841. The Hall–Kier alpha value is -1.71. The summed E-state index contributed by atoms with van der Waals surface area (Å²) in [7, 11) is 0. The van der Waals surface area contributed by atoms with Gasteiger partial charge in [0, 0.05) is 5.56 Å². The van der Waals surface area contributed by atoms with Crippen LogP contribution in [0.15, 0.2) is 24.3 Å². The van der Waals surface area contributed by atoms with Gasteiger partial charge in [-0.05, 0) is 6.07 Å². The molecule has 24 heavy (non-hydrogen) atoms. The fourth-order valence-electron chi connectivity index (χ4n) is 2.76. The molecule has 0 unspecified atom stereocenters. The highest BCUT2D eigenvalue weighted by Crippen LogP contribution is 2.33. The first kappa shape index (κ1) is 17.1. The molecule has 1 aromatic rings. The zero-order valence-corrected chi connectivity index (χ0v) is 12.4. The maximum Gasteiger partial charge on any atom is 0.417 e. The highest BCUT2D eigenvalue weighted by molar-refractivity contribution is 5.83. The van der Waals surface area contributed by atoms with Crippen molar-refractivity contribution in [2.75, 3.05) is 26.4 Å². The Morgan fingerprint density at radius 2 is 1.83 bits per heavy atom. The first-order valence-electron chi connectivity index (χ1n) is 7.28. The lowest BCUT2D eigenvalue weighted by atomic mass is 9.87. The lowest BCUT2D eigenvalue weighted by Crippen LogP contribution is -2.64. The van der Waals surface area contributed by atoms with E-state index in [0.29, 0.717) is 0 Å². The number of halogens is 4. The van der Waals surface area contributed by atoms with Crippen LogP contribution in [0.4, 0.5) is 17.6 Å². The average molecular weight is 349 g/mol. The second kappa shape index (κ2) is 6.30. The van der Waals surface area contributed by atoms with Gasteiger partial charge in [0.05, 0.1) is 26.4 Å². The van der Waals surface area contributed by atoms with Crippen LogP contribution in [0.2, 0.25) is 0 Å². The van der Waals surface area contributed by atoms with Crippen LogP contribution in [-0.2, 0) is 24.5 Å². The second-order valence-corrected chi connectivity index (χ2v) is 5.67. The van der Waals surface area contributed by atoms with Crippen molar-refractivity contribution in [3.8, 4) is 0 Å². The summed E-state index contributed by atoms with van der Waals surface area (Å²) in [5.41, 5.74) is -1.05. The molecule has 0 bridgehead atoms. The number of benzene rings is 1. The van der Waals surface area contributed by atoms with E-state index in [1.165, 1.54) is 18.2 Å². The molecule has 1 amide bonds. The van der Waals surface area contributed by atoms with Crippen LogP contribution in [0, 0.1) is 5.82 Å². The molecule has 2 fully saturated rings. The fourth-order valence-corrected chi connectivity index (χ4v) is 2.76. The van der Waals surface area contributed by atoms with Crippen molar-refractivity contribution in [1.82, 2.24) is 5.32 Å². The summed E-state index contributed by atoms with van der Waals surface area (Å²) >= 11 is 0. The van der Waals surface area contributed by atoms with E-state index in [0.717, 1.165) is 0 Å². The van der Waals surface area contributed by atoms with Gasteiger partial charge in [-0.1, -0.05) is 18.2 Å². The van der Waals surface area contributed by atoms with Gasteiger partial charge in [0.15, 0.2) is 12.2 Å². The summed E-state index contributed by atoms with van der Waals surface area (Å²) in [6.45, 7) is -0.461.